The van der Waals surface area contributed by atoms with Crippen LogP contribution in [-0.4, -0.2) is 23.1 Å². The second-order valence-corrected chi connectivity index (χ2v) is 6.25. The van der Waals surface area contributed by atoms with Crippen LogP contribution in [0.4, 0.5) is 0 Å². The predicted molar refractivity (Wildman–Crippen MR) is 65.0 cm³/mol. The lowest BCUT2D eigenvalue weighted by atomic mass is 9.88. The Hall–Kier alpha value is 0.310. The summed E-state index contributed by atoms with van der Waals surface area (Å²) in [5.41, 5.74) is 0.531. The lowest BCUT2D eigenvalue weighted by Crippen LogP contribution is -2.39. The highest BCUT2D eigenvalue weighted by atomic mass is 32.2. The summed E-state index contributed by atoms with van der Waals surface area (Å²) in [4.78, 5) is 0. The number of hydrogen-bond donors (Lipinski definition) is 1. The summed E-state index contributed by atoms with van der Waals surface area (Å²) in [6, 6.07) is 0. The van der Waals surface area contributed by atoms with Crippen molar-refractivity contribution < 1.29 is 0 Å². The highest BCUT2D eigenvalue weighted by Gasteiger charge is 2.32. The normalized spacial score (nSPS) is 37.9. The van der Waals surface area contributed by atoms with Crippen molar-refractivity contribution in [3.8, 4) is 0 Å². The van der Waals surface area contributed by atoms with Gasteiger partial charge in [-0.1, -0.05) is 6.92 Å². The molecule has 2 unspecified atom stereocenters. The first-order valence-electron chi connectivity index (χ1n) is 6.21. The van der Waals surface area contributed by atoms with Gasteiger partial charge in [0.25, 0.3) is 0 Å². The van der Waals surface area contributed by atoms with Crippen LogP contribution < -0.4 is 5.32 Å². The molecule has 2 fully saturated rings. The maximum atomic E-state index is 3.73. The molecule has 14 heavy (non-hydrogen) atoms. The second kappa shape index (κ2) is 4.89. The van der Waals surface area contributed by atoms with E-state index in [-0.39, 0.29) is 0 Å². The van der Waals surface area contributed by atoms with E-state index in [0.29, 0.717) is 5.54 Å². The van der Waals surface area contributed by atoms with Gasteiger partial charge in [0.05, 0.1) is 0 Å². The van der Waals surface area contributed by atoms with Gasteiger partial charge in [0.15, 0.2) is 0 Å². The first kappa shape index (κ1) is 10.8. The molecule has 2 heteroatoms. The van der Waals surface area contributed by atoms with E-state index in [0.717, 1.165) is 5.25 Å². The summed E-state index contributed by atoms with van der Waals surface area (Å²) in [5.74, 6) is 1.41. The van der Waals surface area contributed by atoms with Crippen LogP contribution >= 0.6 is 11.8 Å². The van der Waals surface area contributed by atoms with Crippen LogP contribution in [0.1, 0.15) is 51.9 Å². The van der Waals surface area contributed by atoms with Crippen LogP contribution in [0.5, 0.6) is 0 Å². The van der Waals surface area contributed by atoms with Crippen molar-refractivity contribution in [2.75, 3.05) is 12.3 Å². The molecular weight excluding hydrogens is 190 g/mol. The van der Waals surface area contributed by atoms with Crippen molar-refractivity contribution in [2.24, 2.45) is 0 Å². The molecule has 0 aliphatic carbocycles. The molecule has 0 saturated carbocycles. The van der Waals surface area contributed by atoms with Gasteiger partial charge in [-0.3, -0.25) is 0 Å². The molecule has 82 valence electrons. The highest BCUT2D eigenvalue weighted by molar-refractivity contribution is 8.00. The van der Waals surface area contributed by atoms with Crippen LogP contribution in [0.25, 0.3) is 0 Å². The smallest absolute Gasteiger partial charge is 0.0179 e. The quantitative estimate of drug-likeness (QED) is 0.769. The predicted octanol–water partition coefficient (Wildman–Crippen LogP) is 3.19. The third-order valence-electron chi connectivity index (χ3n) is 3.98. The molecule has 2 atom stereocenters. The van der Waals surface area contributed by atoms with Gasteiger partial charge in [-0.05, 0) is 57.2 Å². The monoisotopic (exact) mass is 213 g/mol. The van der Waals surface area contributed by atoms with Gasteiger partial charge in [0, 0.05) is 10.8 Å². The van der Waals surface area contributed by atoms with E-state index in [1.54, 1.807) is 0 Å². The summed E-state index contributed by atoms with van der Waals surface area (Å²) in [5, 5.41) is 4.72. The average Bonchev–Trinajstić information content (AvgIpc) is 2.87. The Morgan fingerprint density at radius 1 is 1.43 bits per heavy atom. The van der Waals surface area contributed by atoms with Crippen molar-refractivity contribution in [2.45, 2.75) is 62.7 Å². The summed E-state index contributed by atoms with van der Waals surface area (Å²) in [7, 11) is 0. The number of nitrogens with one attached hydrogen (secondary N) is 1. The molecule has 0 radical (unpaired) electrons. The zero-order valence-corrected chi connectivity index (χ0v) is 10.2. The van der Waals surface area contributed by atoms with E-state index < -0.39 is 0 Å². The van der Waals surface area contributed by atoms with Crippen molar-refractivity contribution in [1.82, 2.24) is 5.32 Å². The SMILES string of the molecule is CCC1(CCC2CCCS2)CCCN1. The summed E-state index contributed by atoms with van der Waals surface area (Å²) in [6.07, 6.45) is 9.94. The largest absolute Gasteiger partial charge is 0.311 e. The van der Waals surface area contributed by atoms with Gasteiger partial charge >= 0.3 is 0 Å². The minimum atomic E-state index is 0.531. The standard InChI is InChI=1S/C12H23NS/c1-2-12(7-4-9-13-12)8-6-11-5-3-10-14-11/h11,13H,2-10H2,1H3. The fourth-order valence-corrected chi connectivity index (χ4v) is 4.15. The molecular formula is C12H23NS. The minimum Gasteiger partial charge on any atom is -0.311 e. The lowest BCUT2D eigenvalue weighted by Gasteiger charge is -2.29. The third kappa shape index (κ3) is 2.46. The Morgan fingerprint density at radius 2 is 2.36 bits per heavy atom. The number of hydrogen-bond acceptors (Lipinski definition) is 2. The molecule has 2 aliphatic heterocycles. The molecule has 1 N–H and O–H groups in total. The zero-order chi connectivity index (χ0) is 9.86. The molecule has 2 saturated heterocycles. The average molecular weight is 213 g/mol. The molecule has 2 aliphatic rings. The van der Waals surface area contributed by atoms with Gasteiger partial charge in [0.1, 0.15) is 0 Å². The third-order valence-corrected chi connectivity index (χ3v) is 5.44. The van der Waals surface area contributed by atoms with Crippen molar-refractivity contribution >= 4 is 11.8 Å². The van der Waals surface area contributed by atoms with Gasteiger partial charge in [-0.15, -0.1) is 0 Å². The van der Waals surface area contributed by atoms with Gasteiger partial charge in [0.2, 0.25) is 0 Å². The lowest BCUT2D eigenvalue weighted by molar-refractivity contribution is 0.325. The van der Waals surface area contributed by atoms with Crippen LogP contribution in [0, 0.1) is 0 Å². The van der Waals surface area contributed by atoms with Gasteiger partial charge in [-0.25, -0.2) is 0 Å². The van der Waals surface area contributed by atoms with Gasteiger partial charge in [-0.2, -0.15) is 11.8 Å². The summed E-state index contributed by atoms with van der Waals surface area (Å²) >= 11 is 2.21. The zero-order valence-electron chi connectivity index (χ0n) is 9.35. The maximum absolute atomic E-state index is 3.73. The molecule has 0 spiro atoms. The Kier molecular flexibility index (Phi) is 3.78. The van der Waals surface area contributed by atoms with Crippen LogP contribution in [0.2, 0.25) is 0 Å². The first-order valence-corrected chi connectivity index (χ1v) is 7.26. The Bertz CT molecular complexity index is 169. The van der Waals surface area contributed by atoms with E-state index in [4.69, 9.17) is 0 Å². The van der Waals surface area contributed by atoms with E-state index in [9.17, 15) is 0 Å². The van der Waals surface area contributed by atoms with Crippen LogP contribution in [0.15, 0.2) is 0 Å². The number of rotatable bonds is 4. The van der Waals surface area contributed by atoms with Crippen molar-refractivity contribution in [3.05, 3.63) is 0 Å². The topological polar surface area (TPSA) is 12.0 Å². The molecule has 1 nitrogen and oxygen atoms in total. The van der Waals surface area contributed by atoms with Crippen LogP contribution in [-0.2, 0) is 0 Å². The van der Waals surface area contributed by atoms with Crippen molar-refractivity contribution in [3.63, 3.8) is 0 Å². The Labute approximate surface area is 92.4 Å². The Balaban J connectivity index is 1.76. The highest BCUT2D eigenvalue weighted by Crippen LogP contribution is 2.34. The maximum Gasteiger partial charge on any atom is 0.0179 e. The van der Waals surface area contributed by atoms with E-state index >= 15 is 0 Å². The summed E-state index contributed by atoms with van der Waals surface area (Å²) in [6.45, 7) is 3.60. The Morgan fingerprint density at radius 3 is 2.93 bits per heavy atom. The van der Waals surface area contributed by atoms with Crippen LogP contribution in [0.3, 0.4) is 0 Å². The molecule has 2 heterocycles. The van der Waals surface area contributed by atoms with Gasteiger partial charge < -0.3 is 5.32 Å². The fourth-order valence-electron chi connectivity index (χ4n) is 2.87. The molecule has 0 aromatic rings. The fraction of sp³-hybridized carbons (Fsp3) is 1.00. The molecule has 0 aromatic heterocycles. The molecule has 0 bridgehead atoms. The first-order chi connectivity index (χ1) is 6.85. The summed E-state index contributed by atoms with van der Waals surface area (Å²) < 4.78 is 0. The van der Waals surface area contributed by atoms with E-state index in [2.05, 4.69) is 24.0 Å². The minimum absolute atomic E-state index is 0.531. The van der Waals surface area contributed by atoms with Crippen molar-refractivity contribution in [1.29, 1.82) is 0 Å². The van der Waals surface area contributed by atoms with E-state index in [1.165, 1.54) is 57.2 Å². The van der Waals surface area contributed by atoms with E-state index in [1.807, 2.05) is 0 Å². The second-order valence-electron chi connectivity index (χ2n) is 4.84. The molecule has 2 rings (SSSR count). The number of thioether (sulfide) groups is 1. The molecule has 0 amide bonds. The molecule has 0 aromatic carbocycles.